The first-order valence-corrected chi connectivity index (χ1v) is 10.7. The Morgan fingerprint density at radius 1 is 0.857 bits per heavy atom. The molecule has 0 fully saturated rings. The fourth-order valence-electron chi connectivity index (χ4n) is 4.60. The molecule has 7 nitrogen and oxygen atoms in total. The van der Waals surface area contributed by atoms with Crippen molar-refractivity contribution in [2.24, 2.45) is 10.7 Å². The highest BCUT2D eigenvalue weighted by atomic mass is 19.1. The summed E-state index contributed by atoms with van der Waals surface area (Å²) in [5.41, 5.74) is 6.82. The molecule has 4 heterocycles. The summed E-state index contributed by atoms with van der Waals surface area (Å²) in [6.07, 6.45) is 2.72. The number of likely N-dealkylation sites (N-methyl/N-ethyl adjacent to an activating group) is 1. The fourth-order valence-corrected chi connectivity index (χ4v) is 4.60. The Kier molecular flexibility index (Phi) is 4.44. The summed E-state index contributed by atoms with van der Waals surface area (Å²) in [7, 11) is 1.53. The molecular formula is C26H17F2N5O2. The topological polar surface area (TPSA) is 93.7 Å². The number of fused-ring (bicyclic) bond motifs is 4. The van der Waals surface area contributed by atoms with Gasteiger partial charge >= 0.3 is 0 Å². The van der Waals surface area contributed by atoms with Gasteiger partial charge in [0.15, 0.2) is 5.96 Å². The van der Waals surface area contributed by atoms with Crippen molar-refractivity contribution < 1.29 is 18.3 Å². The van der Waals surface area contributed by atoms with Crippen molar-refractivity contribution in [3.05, 3.63) is 96.1 Å². The van der Waals surface area contributed by atoms with Crippen LogP contribution in [0.15, 0.2) is 78.0 Å². The fraction of sp³-hybridized carbons (Fsp3) is 0.0769. The second-order valence-electron chi connectivity index (χ2n) is 8.25. The number of nitrogens with two attached hydrogens (primary N) is 1. The van der Waals surface area contributed by atoms with E-state index in [0.29, 0.717) is 33.8 Å². The van der Waals surface area contributed by atoms with Crippen LogP contribution in [-0.2, 0) is 10.3 Å². The second kappa shape index (κ2) is 7.42. The summed E-state index contributed by atoms with van der Waals surface area (Å²) in [6, 6.07) is 16.4. The number of aromatic nitrogens is 2. The van der Waals surface area contributed by atoms with Crippen LogP contribution in [0.1, 0.15) is 11.1 Å². The van der Waals surface area contributed by atoms with E-state index >= 15 is 0 Å². The van der Waals surface area contributed by atoms with E-state index in [2.05, 4.69) is 15.0 Å². The third kappa shape index (κ3) is 2.94. The summed E-state index contributed by atoms with van der Waals surface area (Å²) >= 11 is 0. The minimum Gasteiger partial charge on any atom is -0.457 e. The van der Waals surface area contributed by atoms with Gasteiger partial charge in [0.1, 0.15) is 11.5 Å². The number of guanidine groups is 1. The molecule has 0 saturated heterocycles. The van der Waals surface area contributed by atoms with E-state index in [0.717, 1.165) is 0 Å². The highest BCUT2D eigenvalue weighted by Crippen LogP contribution is 2.53. The lowest BCUT2D eigenvalue weighted by Gasteiger charge is -2.34. The first kappa shape index (κ1) is 20.9. The number of nitrogens with zero attached hydrogens (tertiary/aromatic N) is 4. The largest absolute Gasteiger partial charge is 0.457 e. The number of benzene rings is 2. The van der Waals surface area contributed by atoms with Crippen LogP contribution >= 0.6 is 0 Å². The zero-order chi connectivity index (χ0) is 24.3. The van der Waals surface area contributed by atoms with Crippen LogP contribution in [0.2, 0.25) is 0 Å². The average Bonchev–Trinajstić information content (AvgIpc) is 3.09. The lowest BCUT2D eigenvalue weighted by Crippen LogP contribution is -2.42. The number of pyridine rings is 2. The van der Waals surface area contributed by atoms with E-state index in [1.54, 1.807) is 60.7 Å². The summed E-state index contributed by atoms with van der Waals surface area (Å²) in [5.74, 6) is -0.924. The number of ether oxygens (including phenoxy) is 1. The average molecular weight is 469 g/mol. The van der Waals surface area contributed by atoms with Gasteiger partial charge in [0.2, 0.25) is 17.4 Å². The normalized spacial score (nSPS) is 15.5. The van der Waals surface area contributed by atoms with Crippen molar-refractivity contribution in [2.45, 2.75) is 5.54 Å². The van der Waals surface area contributed by atoms with Crippen molar-refractivity contribution >= 4 is 11.9 Å². The first-order valence-electron chi connectivity index (χ1n) is 10.7. The molecule has 2 N–H and O–H groups in total. The molecule has 2 aromatic carbocycles. The molecule has 0 saturated carbocycles. The summed E-state index contributed by atoms with van der Waals surface area (Å²) in [4.78, 5) is 27.1. The van der Waals surface area contributed by atoms with Crippen LogP contribution in [0.5, 0.6) is 11.5 Å². The Labute approximate surface area is 198 Å². The van der Waals surface area contributed by atoms with E-state index in [4.69, 9.17) is 10.5 Å². The number of hydrogen-bond donors (Lipinski definition) is 1. The molecule has 9 heteroatoms. The van der Waals surface area contributed by atoms with Crippen molar-refractivity contribution in [2.75, 3.05) is 7.05 Å². The van der Waals surface area contributed by atoms with Crippen molar-refractivity contribution in [3.8, 4) is 33.8 Å². The number of carbonyl (C=O) groups is 1. The minimum absolute atomic E-state index is 0.0183. The quantitative estimate of drug-likeness (QED) is 0.444. The van der Waals surface area contributed by atoms with Gasteiger partial charge in [-0.3, -0.25) is 9.69 Å². The molecule has 2 aromatic heterocycles. The lowest BCUT2D eigenvalue weighted by molar-refractivity contribution is -0.129. The molecule has 6 rings (SSSR count). The number of hydrogen-bond acceptors (Lipinski definition) is 6. The van der Waals surface area contributed by atoms with Crippen LogP contribution in [-0.4, -0.2) is 33.8 Å². The maximum atomic E-state index is 14.5. The van der Waals surface area contributed by atoms with Gasteiger partial charge in [-0.2, -0.15) is 8.78 Å². The number of halogens is 2. The molecule has 0 atom stereocenters. The highest BCUT2D eigenvalue weighted by Gasteiger charge is 2.54. The van der Waals surface area contributed by atoms with E-state index in [1.807, 2.05) is 0 Å². The van der Waals surface area contributed by atoms with Gasteiger partial charge in [0, 0.05) is 41.7 Å². The van der Waals surface area contributed by atoms with Crippen molar-refractivity contribution in [3.63, 3.8) is 0 Å². The lowest BCUT2D eigenvalue weighted by atomic mass is 9.78. The molecule has 0 radical (unpaired) electrons. The van der Waals surface area contributed by atoms with Crippen LogP contribution < -0.4 is 10.5 Å². The highest BCUT2D eigenvalue weighted by molar-refractivity contribution is 6.10. The predicted molar refractivity (Wildman–Crippen MR) is 125 cm³/mol. The summed E-state index contributed by atoms with van der Waals surface area (Å²) in [5, 5.41) is 0. The first-order chi connectivity index (χ1) is 16.9. The van der Waals surface area contributed by atoms with Gasteiger partial charge in [0.25, 0.3) is 5.91 Å². The van der Waals surface area contributed by atoms with Crippen LogP contribution in [0.3, 0.4) is 0 Å². The SMILES string of the molecule is CN1C(=O)C2(N=C1N)c1cc(-c3cccnc3F)ccc1Oc1ccc(-c3cccnc3F)cc12. The smallest absolute Gasteiger partial charge is 0.266 e. The molecule has 0 unspecified atom stereocenters. The molecule has 172 valence electrons. The zero-order valence-electron chi connectivity index (χ0n) is 18.4. The number of carbonyl (C=O) groups excluding carboxylic acids is 1. The van der Waals surface area contributed by atoms with Gasteiger partial charge in [-0.1, -0.05) is 12.1 Å². The Morgan fingerprint density at radius 3 is 1.80 bits per heavy atom. The van der Waals surface area contributed by atoms with E-state index in [9.17, 15) is 13.6 Å². The zero-order valence-corrected chi connectivity index (χ0v) is 18.4. The maximum absolute atomic E-state index is 14.5. The van der Waals surface area contributed by atoms with Gasteiger partial charge in [-0.05, 0) is 59.7 Å². The molecule has 2 aliphatic heterocycles. The van der Waals surface area contributed by atoms with Gasteiger partial charge in [-0.15, -0.1) is 0 Å². The minimum atomic E-state index is -1.59. The monoisotopic (exact) mass is 469 g/mol. The molecule has 0 aliphatic carbocycles. The van der Waals surface area contributed by atoms with Crippen LogP contribution in [0.4, 0.5) is 8.78 Å². The maximum Gasteiger partial charge on any atom is 0.266 e. The van der Waals surface area contributed by atoms with Crippen LogP contribution in [0, 0.1) is 11.9 Å². The molecular weight excluding hydrogens is 452 g/mol. The predicted octanol–water partition coefficient (Wildman–Crippen LogP) is 4.22. The Balaban J connectivity index is 1.62. The number of aliphatic imine (C=N–C) groups is 1. The standard InChI is InChI=1S/C26H17F2N5O2/c1-33-24(34)26(32-25(33)29)18-12-14(16-4-2-10-30-22(16)27)6-8-20(18)35-21-9-7-15(13-19(21)26)17-5-3-11-31-23(17)28/h2-13H,1H3,(H2,29,32). The molecule has 1 spiro atoms. The number of amides is 1. The Morgan fingerprint density at radius 2 is 1.37 bits per heavy atom. The molecule has 2 aliphatic rings. The summed E-state index contributed by atoms with van der Waals surface area (Å²) in [6.45, 7) is 0. The Bertz CT molecular complexity index is 1470. The van der Waals surface area contributed by atoms with Gasteiger partial charge in [0.05, 0.1) is 0 Å². The van der Waals surface area contributed by atoms with Gasteiger partial charge < -0.3 is 10.5 Å². The summed E-state index contributed by atoms with van der Waals surface area (Å²) < 4.78 is 35.1. The molecule has 0 bridgehead atoms. The Hall–Kier alpha value is -4.66. The third-order valence-electron chi connectivity index (χ3n) is 6.34. The molecule has 1 amide bonds. The second-order valence-corrected chi connectivity index (χ2v) is 8.25. The van der Waals surface area contributed by atoms with E-state index in [1.165, 1.54) is 24.3 Å². The van der Waals surface area contributed by atoms with E-state index < -0.39 is 23.3 Å². The van der Waals surface area contributed by atoms with Crippen molar-refractivity contribution in [1.82, 2.24) is 14.9 Å². The molecule has 4 aromatic rings. The number of rotatable bonds is 2. The van der Waals surface area contributed by atoms with Crippen LogP contribution in [0.25, 0.3) is 22.3 Å². The van der Waals surface area contributed by atoms with Gasteiger partial charge in [-0.25, -0.2) is 15.0 Å². The van der Waals surface area contributed by atoms with E-state index in [-0.39, 0.29) is 17.1 Å². The molecule has 35 heavy (non-hydrogen) atoms. The third-order valence-corrected chi connectivity index (χ3v) is 6.34. The van der Waals surface area contributed by atoms with Crippen molar-refractivity contribution in [1.29, 1.82) is 0 Å².